The molecule has 0 saturated carbocycles. The highest BCUT2D eigenvalue weighted by molar-refractivity contribution is 7.88. The Bertz CT molecular complexity index is 995. The predicted molar refractivity (Wildman–Crippen MR) is 119 cm³/mol. The zero-order valence-electron chi connectivity index (χ0n) is 17.5. The van der Waals surface area contributed by atoms with Gasteiger partial charge in [-0.2, -0.15) is 0 Å². The fraction of sp³-hybridized carbons (Fsp3) is 0.435. The largest absolute Gasteiger partial charge is 0.368 e. The fourth-order valence-corrected chi connectivity index (χ4v) is 5.80. The number of amides is 1. The maximum absolute atomic E-state index is 13.1. The third kappa shape index (κ3) is 5.25. The summed E-state index contributed by atoms with van der Waals surface area (Å²) in [6.07, 6.45) is 2.92. The number of piperazine rings is 1. The number of piperidine rings is 1. The lowest BCUT2D eigenvalue weighted by molar-refractivity contribution is 0.0747. The normalized spacial score (nSPS) is 18.2. The molecule has 0 radical (unpaired) electrons. The van der Waals surface area contributed by atoms with Crippen LogP contribution in [0.15, 0.2) is 48.5 Å². The molecule has 31 heavy (non-hydrogen) atoms. The lowest BCUT2D eigenvalue weighted by atomic mass is 10.1. The van der Waals surface area contributed by atoms with Gasteiger partial charge in [-0.3, -0.25) is 4.79 Å². The van der Waals surface area contributed by atoms with E-state index in [9.17, 15) is 17.6 Å². The first-order valence-corrected chi connectivity index (χ1v) is 12.4. The van der Waals surface area contributed by atoms with Crippen molar-refractivity contribution in [1.82, 2.24) is 9.21 Å². The van der Waals surface area contributed by atoms with Gasteiger partial charge in [-0.25, -0.2) is 17.1 Å². The zero-order valence-corrected chi connectivity index (χ0v) is 18.4. The first-order chi connectivity index (χ1) is 14.9. The number of benzene rings is 2. The van der Waals surface area contributed by atoms with Crippen molar-refractivity contribution in [1.29, 1.82) is 0 Å². The number of hydrogen-bond acceptors (Lipinski definition) is 4. The van der Waals surface area contributed by atoms with Crippen molar-refractivity contribution < 1.29 is 17.6 Å². The Morgan fingerprint density at radius 1 is 0.806 bits per heavy atom. The van der Waals surface area contributed by atoms with E-state index in [4.69, 9.17) is 0 Å². The predicted octanol–water partition coefficient (Wildman–Crippen LogP) is 3.10. The Hall–Kier alpha value is -2.45. The summed E-state index contributed by atoms with van der Waals surface area (Å²) in [5.41, 5.74) is 2.21. The highest BCUT2D eigenvalue weighted by Gasteiger charge is 2.25. The van der Waals surface area contributed by atoms with Gasteiger partial charge in [0.25, 0.3) is 5.91 Å². The van der Waals surface area contributed by atoms with Crippen molar-refractivity contribution in [2.75, 3.05) is 44.2 Å². The minimum Gasteiger partial charge on any atom is -0.368 e. The van der Waals surface area contributed by atoms with Crippen LogP contribution in [0.1, 0.15) is 35.2 Å². The molecule has 2 heterocycles. The first-order valence-electron chi connectivity index (χ1n) is 10.8. The second-order valence-electron chi connectivity index (χ2n) is 8.17. The van der Waals surface area contributed by atoms with Gasteiger partial charge in [0.1, 0.15) is 5.82 Å². The van der Waals surface area contributed by atoms with E-state index in [1.165, 1.54) is 12.1 Å². The third-order valence-electron chi connectivity index (χ3n) is 6.02. The summed E-state index contributed by atoms with van der Waals surface area (Å²) in [5.74, 6) is -0.341. The van der Waals surface area contributed by atoms with E-state index in [1.807, 2.05) is 0 Å². The van der Waals surface area contributed by atoms with Crippen LogP contribution in [0, 0.1) is 5.82 Å². The molecule has 8 heteroatoms. The molecule has 2 aliphatic rings. The number of halogens is 1. The third-order valence-corrected chi connectivity index (χ3v) is 7.87. The standard InChI is InChI=1S/C23H28FN3O3S/c24-21-8-10-22(11-9-21)25-14-16-26(17-15-25)23(28)20-6-4-19(5-7-20)18-31(29,30)27-12-2-1-3-13-27/h4-11H,1-3,12-18H2. The number of hydrogen-bond donors (Lipinski definition) is 0. The molecule has 2 aromatic carbocycles. The van der Waals surface area contributed by atoms with Gasteiger partial charge in [0.2, 0.25) is 10.0 Å². The monoisotopic (exact) mass is 445 g/mol. The van der Waals surface area contributed by atoms with Crippen LogP contribution in [-0.2, 0) is 15.8 Å². The Labute approximate surface area is 183 Å². The summed E-state index contributed by atoms with van der Waals surface area (Å²) >= 11 is 0. The first kappa shape index (κ1) is 21.8. The van der Waals surface area contributed by atoms with Crippen molar-refractivity contribution in [3.05, 3.63) is 65.5 Å². The van der Waals surface area contributed by atoms with E-state index in [1.54, 1.807) is 45.6 Å². The molecule has 166 valence electrons. The Balaban J connectivity index is 1.34. The number of rotatable bonds is 5. The summed E-state index contributed by atoms with van der Waals surface area (Å²) in [4.78, 5) is 16.8. The molecule has 0 unspecified atom stereocenters. The highest BCUT2D eigenvalue weighted by Crippen LogP contribution is 2.20. The van der Waals surface area contributed by atoms with Crippen LogP contribution in [0.5, 0.6) is 0 Å². The van der Waals surface area contributed by atoms with Crippen LogP contribution in [0.25, 0.3) is 0 Å². The van der Waals surface area contributed by atoms with Crippen molar-refractivity contribution in [3.63, 3.8) is 0 Å². The van der Waals surface area contributed by atoms with Crippen LogP contribution in [-0.4, -0.2) is 62.8 Å². The SMILES string of the molecule is O=C(c1ccc(CS(=O)(=O)N2CCCCC2)cc1)N1CCN(c2ccc(F)cc2)CC1. The molecule has 2 saturated heterocycles. The summed E-state index contributed by atoms with van der Waals surface area (Å²) in [5, 5.41) is 0. The van der Waals surface area contributed by atoms with Gasteiger partial charge in [0.15, 0.2) is 0 Å². The maximum Gasteiger partial charge on any atom is 0.253 e. The van der Waals surface area contributed by atoms with E-state index in [0.29, 0.717) is 50.4 Å². The van der Waals surface area contributed by atoms with Crippen molar-refractivity contribution in [3.8, 4) is 0 Å². The topological polar surface area (TPSA) is 60.9 Å². The molecule has 0 aromatic heterocycles. The lowest BCUT2D eigenvalue weighted by Crippen LogP contribution is -2.48. The van der Waals surface area contributed by atoms with Crippen molar-refractivity contribution in [2.45, 2.75) is 25.0 Å². The highest BCUT2D eigenvalue weighted by atomic mass is 32.2. The van der Waals surface area contributed by atoms with Gasteiger partial charge in [-0.15, -0.1) is 0 Å². The summed E-state index contributed by atoms with van der Waals surface area (Å²) in [6.45, 7) is 3.74. The van der Waals surface area contributed by atoms with E-state index in [0.717, 1.165) is 24.9 Å². The van der Waals surface area contributed by atoms with Crippen LogP contribution >= 0.6 is 0 Å². The number of carbonyl (C=O) groups is 1. The quantitative estimate of drug-likeness (QED) is 0.710. The molecule has 0 bridgehead atoms. The van der Waals surface area contributed by atoms with Gasteiger partial charge >= 0.3 is 0 Å². The molecule has 2 fully saturated rings. The Morgan fingerprint density at radius 3 is 2.03 bits per heavy atom. The van der Waals surface area contributed by atoms with Gasteiger partial charge in [-0.05, 0) is 54.8 Å². The molecule has 2 aliphatic heterocycles. The molecule has 0 aliphatic carbocycles. The summed E-state index contributed by atoms with van der Waals surface area (Å²) in [6, 6.07) is 13.3. The van der Waals surface area contributed by atoms with E-state index >= 15 is 0 Å². The van der Waals surface area contributed by atoms with Crippen LogP contribution in [0.2, 0.25) is 0 Å². The lowest BCUT2D eigenvalue weighted by Gasteiger charge is -2.36. The van der Waals surface area contributed by atoms with E-state index in [-0.39, 0.29) is 17.5 Å². The van der Waals surface area contributed by atoms with Crippen molar-refractivity contribution in [2.24, 2.45) is 0 Å². The summed E-state index contributed by atoms with van der Waals surface area (Å²) in [7, 11) is -3.32. The fourth-order valence-electron chi connectivity index (χ4n) is 4.19. The van der Waals surface area contributed by atoms with Gasteiger partial charge in [0, 0.05) is 50.5 Å². The van der Waals surface area contributed by atoms with Gasteiger partial charge in [-0.1, -0.05) is 18.6 Å². The van der Waals surface area contributed by atoms with Crippen LogP contribution < -0.4 is 4.90 Å². The van der Waals surface area contributed by atoms with Gasteiger partial charge < -0.3 is 9.80 Å². The van der Waals surface area contributed by atoms with Crippen LogP contribution in [0.3, 0.4) is 0 Å². The molecule has 0 spiro atoms. The number of carbonyl (C=O) groups excluding carboxylic acids is 1. The Morgan fingerprint density at radius 2 is 1.42 bits per heavy atom. The average Bonchev–Trinajstić information content (AvgIpc) is 2.80. The van der Waals surface area contributed by atoms with E-state index in [2.05, 4.69) is 4.90 Å². The second-order valence-corrected chi connectivity index (χ2v) is 10.1. The molecule has 4 rings (SSSR count). The molecule has 1 amide bonds. The molecule has 6 nitrogen and oxygen atoms in total. The Kier molecular flexibility index (Phi) is 6.57. The smallest absolute Gasteiger partial charge is 0.253 e. The minimum atomic E-state index is -3.32. The summed E-state index contributed by atoms with van der Waals surface area (Å²) < 4.78 is 39.9. The maximum atomic E-state index is 13.1. The number of sulfonamides is 1. The van der Waals surface area contributed by atoms with E-state index < -0.39 is 10.0 Å². The minimum absolute atomic E-state index is 0.0299. The molecule has 2 aromatic rings. The number of nitrogens with zero attached hydrogens (tertiary/aromatic N) is 3. The number of anilines is 1. The van der Waals surface area contributed by atoms with Crippen LogP contribution in [0.4, 0.5) is 10.1 Å². The molecular weight excluding hydrogens is 417 g/mol. The molecule has 0 N–H and O–H groups in total. The van der Waals surface area contributed by atoms with Gasteiger partial charge in [0.05, 0.1) is 5.75 Å². The molecular formula is C23H28FN3O3S. The zero-order chi connectivity index (χ0) is 21.8. The average molecular weight is 446 g/mol. The second kappa shape index (κ2) is 9.36. The molecule has 0 atom stereocenters. The van der Waals surface area contributed by atoms with Crippen molar-refractivity contribution >= 4 is 21.6 Å².